The fraction of sp³-hybridized carbons (Fsp3) is 0.667. The summed E-state index contributed by atoms with van der Waals surface area (Å²) in [6.45, 7) is 2.82. The summed E-state index contributed by atoms with van der Waals surface area (Å²) in [4.78, 5) is 60.0. The number of aliphatic carboxylic acids is 1. The highest BCUT2D eigenvalue weighted by molar-refractivity contribution is 8.00. The summed E-state index contributed by atoms with van der Waals surface area (Å²) in [5, 5.41) is 29.5. The quantitative estimate of drug-likeness (QED) is 0.0629. The van der Waals surface area contributed by atoms with E-state index in [-0.39, 0.29) is 48.3 Å². The van der Waals surface area contributed by atoms with Gasteiger partial charge in [0.05, 0.1) is 44.9 Å². The number of amides is 5. The van der Waals surface area contributed by atoms with Gasteiger partial charge in [-0.3, -0.25) is 19.2 Å². The van der Waals surface area contributed by atoms with Crippen molar-refractivity contribution in [3.8, 4) is 0 Å². The van der Waals surface area contributed by atoms with Crippen LogP contribution in [0.4, 0.5) is 18.0 Å². The number of carboxylic acids is 1. The van der Waals surface area contributed by atoms with Crippen LogP contribution in [0, 0.1) is 0 Å². The highest BCUT2D eigenvalue weighted by atomic mass is 32.2. The van der Waals surface area contributed by atoms with E-state index in [4.69, 9.17) is 14.2 Å². The second-order valence-corrected chi connectivity index (χ2v) is 13.9. The van der Waals surface area contributed by atoms with E-state index in [0.717, 1.165) is 49.3 Å². The van der Waals surface area contributed by atoms with Crippen LogP contribution in [0.1, 0.15) is 60.9 Å². The van der Waals surface area contributed by atoms with Gasteiger partial charge in [-0.2, -0.15) is 24.9 Å². The van der Waals surface area contributed by atoms with Crippen molar-refractivity contribution in [2.24, 2.45) is 10.2 Å². The molecule has 0 aromatic heterocycles. The van der Waals surface area contributed by atoms with E-state index >= 15 is 0 Å². The van der Waals surface area contributed by atoms with Gasteiger partial charge in [0, 0.05) is 54.9 Å². The molecule has 0 aliphatic carbocycles. The fourth-order valence-electron chi connectivity index (χ4n) is 5.74. The standard InChI is InChI=1S/C33H46F3N7O9S/c34-33(35,36)32(42-43-32)22-9-7-21(8-10-22)29(47)39-23(19-27(45)46)30(48)38-12-4-14-51-16-18-52-17-15-50-13-3-11-37-26(44)6-2-1-5-25-28-24(20-53-25)40-31(49)41-28/h7-10,23-25,28H,1-6,11-20H2,(H,37,44)(H,38,48)(H,39,47)(H,45,46)(H2,40,41,49)/t23-,24+,25+,28+/m1/s1. The van der Waals surface area contributed by atoms with Crippen molar-refractivity contribution in [2.75, 3.05) is 58.5 Å². The number of benzene rings is 1. The number of thioether (sulfide) groups is 1. The molecule has 4 rings (SSSR count). The molecule has 0 saturated carbocycles. The zero-order chi connectivity index (χ0) is 38.3. The first-order valence-electron chi connectivity index (χ1n) is 17.5. The van der Waals surface area contributed by atoms with Crippen molar-refractivity contribution < 1.29 is 56.5 Å². The predicted octanol–water partition coefficient (Wildman–Crippen LogP) is 2.23. The number of hydrogen-bond acceptors (Lipinski definition) is 11. The average molecular weight is 774 g/mol. The maximum absolute atomic E-state index is 13.2. The normalized spacial score (nSPS) is 20.2. The van der Waals surface area contributed by atoms with Crippen LogP contribution in [-0.4, -0.2) is 123 Å². The summed E-state index contributed by atoms with van der Waals surface area (Å²) < 4.78 is 56.0. The molecule has 0 unspecified atom stereocenters. The number of unbranched alkanes of at least 4 members (excludes halogenated alkanes) is 1. The van der Waals surface area contributed by atoms with Crippen molar-refractivity contribution in [2.45, 2.75) is 80.2 Å². The second kappa shape index (κ2) is 20.4. The lowest BCUT2D eigenvalue weighted by Crippen LogP contribution is -2.48. The third kappa shape index (κ3) is 13.1. The molecule has 2 fully saturated rings. The van der Waals surface area contributed by atoms with E-state index in [1.54, 1.807) is 0 Å². The molecule has 3 aliphatic heterocycles. The van der Waals surface area contributed by atoms with E-state index in [1.807, 2.05) is 11.8 Å². The Balaban J connectivity index is 0.940. The second-order valence-electron chi connectivity index (χ2n) is 12.6. The minimum absolute atomic E-state index is 0.0211. The van der Waals surface area contributed by atoms with Crippen LogP contribution in [-0.2, 0) is 34.3 Å². The van der Waals surface area contributed by atoms with Gasteiger partial charge in [0.25, 0.3) is 5.91 Å². The van der Waals surface area contributed by atoms with Crippen molar-refractivity contribution in [1.29, 1.82) is 0 Å². The van der Waals surface area contributed by atoms with Crippen LogP contribution >= 0.6 is 11.8 Å². The number of carboxylic acid groups (broad SMARTS) is 1. The number of alkyl halides is 3. The summed E-state index contributed by atoms with van der Waals surface area (Å²) >= 11 is 1.87. The number of rotatable bonds is 25. The van der Waals surface area contributed by atoms with Crippen molar-refractivity contribution in [3.63, 3.8) is 0 Å². The number of ether oxygens (including phenoxy) is 3. The summed E-state index contributed by atoms with van der Waals surface area (Å²) in [5.41, 5.74) is -2.98. The van der Waals surface area contributed by atoms with Crippen LogP contribution in [0.2, 0.25) is 0 Å². The molecular weight excluding hydrogens is 727 g/mol. The van der Waals surface area contributed by atoms with Gasteiger partial charge in [-0.05, 0) is 37.8 Å². The molecule has 0 bridgehead atoms. The zero-order valence-electron chi connectivity index (χ0n) is 29.1. The Hall–Kier alpha value is -4.01. The lowest BCUT2D eigenvalue weighted by molar-refractivity contribution is -0.166. The first-order chi connectivity index (χ1) is 25.4. The Kier molecular flexibility index (Phi) is 16.1. The first-order valence-corrected chi connectivity index (χ1v) is 18.5. The molecule has 5 amide bonds. The summed E-state index contributed by atoms with van der Waals surface area (Å²) in [7, 11) is 0. The van der Waals surface area contributed by atoms with Gasteiger partial charge in [0.1, 0.15) is 6.04 Å². The number of urea groups is 1. The number of fused-ring (bicyclic) bond motifs is 1. The Morgan fingerprint density at radius 1 is 0.906 bits per heavy atom. The van der Waals surface area contributed by atoms with Crippen LogP contribution in [0.3, 0.4) is 0 Å². The van der Waals surface area contributed by atoms with Gasteiger partial charge in [-0.25, -0.2) is 4.79 Å². The molecule has 4 atom stereocenters. The first kappa shape index (κ1) is 41.7. The van der Waals surface area contributed by atoms with Crippen molar-refractivity contribution >= 4 is 41.5 Å². The minimum atomic E-state index is -4.72. The summed E-state index contributed by atoms with van der Waals surface area (Å²) in [6, 6.07) is 3.22. The van der Waals surface area contributed by atoms with Crippen molar-refractivity contribution in [3.05, 3.63) is 35.4 Å². The Morgan fingerprint density at radius 3 is 2.13 bits per heavy atom. The Labute approximate surface area is 308 Å². The monoisotopic (exact) mass is 773 g/mol. The zero-order valence-corrected chi connectivity index (χ0v) is 29.9. The molecule has 1 aromatic carbocycles. The summed E-state index contributed by atoms with van der Waals surface area (Å²) in [6.07, 6.45) is -1.15. The van der Waals surface area contributed by atoms with E-state index in [9.17, 15) is 42.3 Å². The topological polar surface area (TPSA) is 218 Å². The molecule has 6 N–H and O–H groups in total. The Morgan fingerprint density at radius 2 is 1.53 bits per heavy atom. The SMILES string of the molecule is O=C(O)C[C@@H](NC(=O)c1ccc(C2(C(F)(F)F)N=N2)cc1)C(=O)NCCCOCCOCCOCCCNC(=O)CCCC[C@@H]1SC[C@@H]2NC(=O)N[C@@H]21. The van der Waals surface area contributed by atoms with Crippen molar-refractivity contribution in [1.82, 2.24) is 26.6 Å². The van der Waals surface area contributed by atoms with Crippen LogP contribution in [0.15, 0.2) is 34.5 Å². The van der Waals surface area contributed by atoms with E-state index < -0.39 is 42.1 Å². The van der Waals surface area contributed by atoms with Crippen LogP contribution in [0.5, 0.6) is 0 Å². The summed E-state index contributed by atoms with van der Waals surface area (Å²) in [5.74, 6) is -1.96. The Bertz CT molecular complexity index is 1430. The maximum Gasteiger partial charge on any atom is 0.442 e. The molecule has 3 aliphatic rings. The molecular formula is C33H46F3N7O9S. The minimum Gasteiger partial charge on any atom is -0.481 e. The average Bonchev–Trinajstić information content (AvgIpc) is 3.75. The fourth-order valence-corrected chi connectivity index (χ4v) is 7.28. The molecule has 0 radical (unpaired) electrons. The largest absolute Gasteiger partial charge is 0.481 e. The number of nitrogens with one attached hydrogen (secondary N) is 5. The van der Waals surface area contributed by atoms with Gasteiger partial charge in [0.15, 0.2) is 0 Å². The lowest BCUT2D eigenvalue weighted by Gasteiger charge is -2.18. The molecule has 53 heavy (non-hydrogen) atoms. The molecule has 2 saturated heterocycles. The highest BCUT2D eigenvalue weighted by Crippen LogP contribution is 2.52. The molecule has 20 heteroatoms. The molecule has 294 valence electrons. The van der Waals surface area contributed by atoms with E-state index in [0.29, 0.717) is 64.1 Å². The molecule has 1 aromatic rings. The smallest absolute Gasteiger partial charge is 0.442 e. The number of carbonyl (C=O) groups excluding carboxylic acids is 4. The number of hydrogen-bond donors (Lipinski definition) is 6. The van der Waals surface area contributed by atoms with Gasteiger partial charge in [-0.1, -0.05) is 18.6 Å². The number of carbonyl (C=O) groups is 5. The van der Waals surface area contributed by atoms with Gasteiger partial charge < -0.3 is 45.9 Å². The molecule has 3 heterocycles. The van der Waals surface area contributed by atoms with E-state index in [2.05, 4.69) is 36.8 Å². The maximum atomic E-state index is 13.2. The van der Waals surface area contributed by atoms with Gasteiger partial charge >= 0.3 is 23.8 Å². The number of nitrogens with zero attached hydrogens (tertiary/aromatic N) is 2. The van der Waals surface area contributed by atoms with Crippen LogP contribution < -0.4 is 26.6 Å². The predicted molar refractivity (Wildman–Crippen MR) is 184 cm³/mol. The lowest BCUT2D eigenvalue weighted by atomic mass is 10.0. The third-order valence-corrected chi connectivity index (χ3v) is 10.1. The molecule has 16 nitrogen and oxygen atoms in total. The van der Waals surface area contributed by atoms with Crippen LogP contribution in [0.25, 0.3) is 0 Å². The number of halogens is 3. The highest BCUT2D eigenvalue weighted by Gasteiger charge is 2.65. The van der Waals surface area contributed by atoms with Gasteiger partial charge in [0.2, 0.25) is 11.8 Å². The van der Waals surface area contributed by atoms with E-state index in [1.165, 1.54) is 0 Å². The van der Waals surface area contributed by atoms with Gasteiger partial charge in [-0.15, -0.1) is 10.2 Å². The molecule has 0 spiro atoms. The third-order valence-electron chi connectivity index (χ3n) is 8.62.